The van der Waals surface area contributed by atoms with E-state index < -0.39 is 18.1 Å². The molecule has 1 aromatic carbocycles. The number of rotatable bonds is 2. The fourth-order valence-corrected chi connectivity index (χ4v) is 1.16. The van der Waals surface area contributed by atoms with E-state index in [2.05, 4.69) is 9.47 Å². The van der Waals surface area contributed by atoms with Crippen molar-refractivity contribution in [3.63, 3.8) is 0 Å². The second-order valence-electron chi connectivity index (χ2n) is 2.68. The van der Waals surface area contributed by atoms with Crippen molar-refractivity contribution < 1.29 is 27.4 Å². The zero-order valence-corrected chi connectivity index (χ0v) is 8.72. The summed E-state index contributed by atoms with van der Waals surface area (Å²) in [7, 11) is 1.04. The minimum Gasteiger partial charge on any atom is -0.465 e. The van der Waals surface area contributed by atoms with Gasteiger partial charge in [0.1, 0.15) is 11.3 Å². The summed E-state index contributed by atoms with van der Waals surface area (Å²) >= 11 is 5.54. The highest BCUT2D eigenvalue weighted by Crippen LogP contribution is 2.29. The van der Waals surface area contributed by atoms with Gasteiger partial charge in [0.15, 0.2) is 0 Å². The van der Waals surface area contributed by atoms with E-state index in [-0.39, 0.29) is 10.6 Å². The zero-order chi connectivity index (χ0) is 12.3. The Balaban J connectivity index is 3.13. The van der Waals surface area contributed by atoms with E-state index in [1.165, 1.54) is 6.07 Å². The van der Waals surface area contributed by atoms with Gasteiger partial charge in [-0.1, -0.05) is 11.6 Å². The van der Waals surface area contributed by atoms with Crippen LogP contribution < -0.4 is 4.74 Å². The Hall–Kier alpha value is -1.43. The summed E-state index contributed by atoms with van der Waals surface area (Å²) in [6.45, 7) is 0. The van der Waals surface area contributed by atoms with Crippen LogP contribution in [0.2, 0.25) is 5.02 Å². The van der Waals surface area contributed by atoms with Crippen LogP contribution in [0, 0.1) is 0 Å². The van der Waals surface area contributed by atoms with Gasteiger partial charge in [-0.2, -0.15) is 0 Å². The van der Waals surface area contributed by atoms with Crippen LogP contribution in [0.25, 0.3) is 0 Å². The quantitative estimate of drug-likeness (QED) is 0.761. The molecule has 0 aliphatic rings. The number of hydrogen-bond donors (Lipinski definition) is 0. The molecule has 88 valence electrons. The van der Waals surface area contributed by atoms with Crippen molar-refractivity contribution in [2.45, 2.75) is 6.36 Å². The number of methoxy groups -OCH3 is 1. The summed E-state index contributed by atoms with van der Waals surface area (Å²) in [5.41, 5.74) is -0.382. The first-order valence-corrected chi connectivity index (χ1v) is 4.35. The summed E-state index contributed by atoms with van der Waals surface area (Å²) < 4.78 is 43.9. The standard InChI is InChI=1S/C9H6ClF3O3/c1-15-8(14)6-4-5(10)2-3-7(6)16-9(11,12)13/h2-4H,1H3. The molecule has 0 saturated carbocycles. The second kappa shape index (κ2) is 4.61. The van der Waals surface area contributed by atoms with E-state index in [1.54, 1.807) is 0 Å². The second-order valence-corrected chi connectivity index (χ2v) is 3.12. The molecule has 0 saturated heterocycles. The predicted octanol–water partition coefficient (Wildman–Crippen LogP) is 3.03. The van der Waals surface area contributed by atoms with E-state index in [4.69, 9.17) is 11.6 Å². The summed E-state index contributed by atoms with van der Waals surface area (Å²) in [5, 5.41) is 0.106. The monoisotopic (exact) mass is 254 g/mol. The molecule has 16 heavy (non-hydrogen) atoms. The van der Waals surface area contributed by atoms with Crippen molar-refractivity contribution in [3.8, 4) is 5.75 Å². The van der Waals surface area contributed by atoms with Gasteiger partial charge in [-0.15, -0.1) is 13.2 Å². The van der Waals surface area contributed by atoms with E-state index in [0.717, 1.165) is 19.2 Å². The Morgan fingerprint density at radius 3 is 2.50 bits per heavy atom. The highest BCUT2D eigenvalue weighted by molar-refractivity contribution is 6.31. The average Bonchev–Trinajstić information content (AvgIpc) is 2.17. The van der Waals surface area contributed by atoms with Gasteiger partial charge in [-0.05, 0) is 18.2 Å². The molecule has 0 unspecified atom stereocenters. The minimum atomic E-state index is -4.88. The maximum atomic E-state index is 12.0. The lowest BCUT2D eigenvalue weighted by Gasteiger charge is -2.12. The molecule has 0 fully saturated rings. The molecule has 1 rings (SSSR count). The third-order valence-corrected chi connectivity index (χ3v) is 1.81. The van der Waals surface area contributed by atoms with E-state index in [1.807, 2.05) is 0 Å². The molecule has 0 bridgehead atoms. The smallest absolute Gasteiger partial charge is 0.465 e. The van der Waals surface area contributed by atoms with Crippen LogP contribution in [0.3, 0.4) is 0 Å². The molecular weight excluding hydrogens is 249 g/mol. The van der Waals surface area contributed by atoms with Crippen molar-refractivity contribution in [2.75, 3.05) is 7.11 Å². The molecule has 0 aliphatic carbocycles. The van der Waals surface area contributed by atoms with Crippen molar-refractivity contribution in [1.82, 2.24) is 0 Å². The predicted molar refractivity (Wildman–Crippen MR) is 49.5 cm³/mol. The number of alkyl halides is 3. The Morgan fingerprint density at radius 1 is 1.38 bits per heavy atom. The molecule has 0 N–H and O–H groups in total. The number of benzene rings is 1. The number of esters is 1. The first-order chi connectivity index (χ1) is 7.33. The minimum absolute atomic E-state index is 0.106. The molecular formula is C9H6ClF3O3. The Labute approximate surface area is 93.7 Å². The Morgan fingerprint density at radius 2 is 2.00 bits per heavy atom. The van der Waals surface area contributed by atoms with E-state index in [9.17, 15) is 18.0 Å². The van der Waals surface area contributed by atoms with Crippen LogP contribution in [-0.4, -0.2) is 19.4 Å². The van der Waals surface area contributed by atoms with Crippen LogP contribution in [-0.2, 0) is 4.74 Å². The van der Waals surface area contributed by atoms with Crippen LogP contribution >= 0.6 is 11.6 Å². The molecule has 0 atom stereocenters. The van der Waals surface area contributed by atoms with Crippen LogP contribution in [0.5, 0.6) is 5.75 Å². The van der Waals surface area contributed by atoms with Gasteiger partial charge in [0, 0.05) is 5.02 Å². The SMILES string of the molecule is COC(=O)c1cc(Cl)ccc1OC(F)(F)F. The number of halogens is 4. The highest BCUT2D eigenvalue weighted by Gasteiger charge is 2.33. The van der Waals surface area contributed by atoms with Crippen molar-refractivity contribution >= 4 is 17.6 Å². The third kappa shape index (κ3) is 3.30. The largest absolute Gasteiger partial charge is 0.573 e. The fourth-order valence-electron chi connectivity index (χ4n) is 0.985. The Kier molecular flexibility index (Phi) is 3.64. The molecule has 7 heteroatoms. The van der Waals surface area contributed by atoms with Gasteiger partial charge in [-0.25, -0.2) is 4.79 Å². The van der Waals surface area contributed by atoms with Crippen molar-refractivity contribution in [2.24, 2.45) is 0 Å². The molecule has 0 heterocycles. The maximum Gasteiger partial charge on any atom is 0.573 e. The van der Waals surface area contributed by atoms with E-state index >= 15 is 0 Å². The average molecular weight is 255 g/mol. The van der Waals surface area contributed by atoms with Gasteiger partial charge in [0.25, 0.3) is 0 Å². The van der Waals surface area contributed by atoms with Gasteiger partial charge < -0.3 is 9.47 Å². The first kappa shape index (κ1) is 12.6. The molecule has 0 radical (unpaired) electrons. The summed E-state index contributed by atoms with van der Waals surface area (Å²) in [4.78, 5) is 11.1. The molecule has 0 aliphatic heterocycles. The summed E-state index contributed by atoms with van der Waals surface area (Å²) in [5.74, 6) is -1.61. The van der Waals surface area contributed by atoms with Gasteiger partial charge in [0.05, 0.1) is 7.11 Å². The summed E-state index contributed by atoms with van der Waals surface area (Å²) in [6.07, 6.45) is -4.88. The maximum absolute atomic E-state index is 12.0. The lowest BCUT2D eigenvalue weighted by atomic mass is 10.2. The topological polar surface area (TPSA) is 35.5 Å². The van der Waals surface area contributed by atoms with Crippen molar-refractivity contribution in [3.05, 3.63) is 28.8 Å². The van der Waals surface area contributed by atoms with Crippen LogP contribution in [0.1, 0.15) is 10.4 Å². The normalized spacial score (nSPS) is 11.1. The number of ether oxygens (including phenoxy) is 2. The molecule has 3 nitrogen and oxygen atoms in total. The molecule has 0 amide bonds. The van der Waals surface area contributed by atoms with Crippen LogP contribution in [0.15, 0.2) is 18.2 Å². The van der Waals surface area contributed by atoms with Gasteiger partial charge >= 0.3 is 12.3 Å². The fraction of sp³-hybridized carbons (Fsp3) is 0.222. The number of hydrogen-bond acceptors (Lipinski definition) is 3. The number of carbonyl (C=O) groups excluding carboxylic acids is 1. The molecule has 0 spiro atoms. The lowest BCUT2D eigenvalue weighted by Crippen LogP contribution is -2.19. The first-order valence-electron chi connectivity index (χ1n) is 3.97. The van der Waals surface area contributed by atoms with Crippen molar-refractivity contribution in [1.29, 1.82) is 0 Å². The lowest BCUT2D eigenvalue weighted by molar-refractivity contribution is -0.274. The number of carbonyl (C=O) groups is 1. The van der Waals surface area contributed by atoms with Gasteiger partial charge in [0.2, 0.25) is 0 Å². The molecule has 0 aromatic heterocycles. The van der Waals surface area contributed by atoms with E-state index in [0.29, 0.717) is 0 Å². The highest BCUT2D eigenvalue weighted by atomic mass is 35.5. The Bertz CT molecular complexity index is 403. The van der Waals surface area contributed by atoms with Crippen LogP contribution in [0.4, 0.5) is 13.2 Å². The zero-order valence-electron chi connectivity index (χ0n) is 7.97. The third-order valence-electron chi connectivity index (χ3n) is 1.57. The van der Waals surface area contributed by atoms with Gasteiger partial charge in [-0.3, -0.25) is 0 Å². The molecule has 1 aromatic rings. The summed E-state index contributed by atoms with van der Waals surface area (Å²) in [6, 6.07) is 3.16.